The molecular formula is C24H29N7O2. The lowest BCUT2D eigenvalue weighted by molar-refractivity contribution is 0.356. The second-order valence-electron chi connectivity index (χ2n) is 8.57. The van der Waals surface area contributed by atoms with Crippen molar-refractivity contribution in [1.29, 1.82) is 0 Å². The third-order valence-corrected chi connectivity index (χ3v) is 6.23. The first-order chi connectivity index (χ1) is 16.0. The van der Waals surface area contributed by atoms with Gasteiger partial charge in [-0.15, -0.1) is 0 Å². The standard InChI is InChI=1S/C24H29N7O2/c1-14(2)15-6-5-7-17-21(15)28-23(26-17)30-8-10-31(11-9-30)24-27-18-13-20(33-4)19(32-3)12-16(18)22(25)29-24/h5-7,12-14H,8-11H2,1-4H3,(H,26,28)(H2,25,27,29). The first-order valence-electron chi connectivity index (χ1n) is 11.2. The summed E-state index contributed by atoms with van der Waals surface area (Å²) in [7, 11) is 3.21. The summed E-state index contributed by atoms with van der Waals surface area (Å²) in [6.07, 6.45) is 0. The highest BCUT2D eigenvalue weighted by Crippen LogP contribution is 2.34. The number of fused-ring (bicyclic) bond motifs is 2. The molecular weight excluding hydrogens is 418 g/mol. The molecule has 9 heteroatoms. The van der Waals surface area contributed by atoms with Crippen molar-refractivity contribution in [2.75, 3.05) is 55.9 Å². The van der Waals surface area contributed by atoms with Gasteiger partial charge in [-0.1, -0.05) is 26.0 Å². The Morgan fingerprint density at radius 2 is 1.64 bits per heavy atom. The van der Waals surface area contributed by atoms with Crippen LogP contribution in [0.5, 0.6) is 11.5 Å². The molecule has 2 aromatic heterocycles. The third-order valence-electron chi connectivity index (χ3n) is 6.23. The van der Waals surface area contributed by atoms with E-state index in [1.807, 2.05) is 12.1 Å². The van der Waals surface area contributed by atoms with Gasteiger partial charge >= 0.3 is 0 Å². The molecule has 0 atom stereocenters. The molecule has 1 fully saturated rings. The number of methoxy groups -OCH3 is 2. The predicted molar refractivity (Wildman–Crippen MR) is 132 cm³/mol. The molecule has 0 aliphatic carbocycles. The van der Waals surface area contributed by atoms with E-state index in [1.165, 1.54) is 5.56 Å². The van der Waals surface area contributed by atoms with Crippen LogP contribution < -0.4 is 25.0 Å². The van der Waals surface area contributed by atoms with Gasteiger partial charge in [-0.2, -0.15) is 4.98 Å². The molecule has 1 saturated heterocycles. The zero-order valence-electron chi connectivity index (χ0n) is 19.4. The largest absolute Gasteiger partial charge is 0.493 e. The lowest BCUT2D eigenvalue weighted by Gasteiger charge is -2.34. The van der Waals surface area contributed by atoms with E-state index in [-0.39, 0.29) is 0 Å². The average molecular weight is 448 g/mol. The van der Waals surface area contributed by atoms with Gasteiger partial charge in [0.05, 0.1) is 30.8 Å². The number of para-hydroxylation sites is 1. The van der Waals surface area contributed by atoms with E-state index in [2.05, 4.69) is 51.8 Å². The monoisotopic (exact) mass is 447 g/mol. The fraction of sp³-hybridized carbons (Fsp3) is 0.375. The number of nitrogens with two attached hydrogens (primary N) is 1. The van der Waals surface area contributed by atoms with Crippen LogP contribution in [-0.2, 0) is 0 Å². The number of H-pyrrole nitrogens is 1. The number of rotatable bonds is 5. The number of imidazole rings is 1. The summed E-state index contributed by atoms with van der Waals surface area (Å²) < 4.78 is 10.8. The van der Waals surface area contributed by atoms with Crippen LogP contribution in [0.1, 0.15) is 25.3 Å². The lowest BCUT2D eigenvalue weighted by atomic mass is 10.0. The average Bonchev–Trinajstić information content (AvgIpc) is 3.27. The minimum absolute atomic E-state index is 0.427. The molecule has 0 amide bonds. The lowest BCUT2D eigenvalue weighted by Crippen LogP contribution is -2.47. The molecule has 172 valence electrons. The van der Waals surface area contributed by atoms with E-state index in [1.54, 1.807) is 14.2 Å². The summed E-state index contributed by atoms with van der Waals surface area (Å²) in [5.74, 6) is 3.61. The van der Waals surface area contributed by atoms with Crippen molar-refractivity contribution >= 4 is 39.7 Å². The molecule has 0 radical (unpaired) electrons. The van der Waals surface area contributed by atoms with Crippen molar-refractivity contribution in [2.45, 2.75) is 19.8 Å². The molecule has 0 saturated carbocycles. The van der Waals surface area contributed by atoms with E-state index < -0.39 is 0 Å². The van der Waals surface area contributed by atoms with Crippen LogP contribution in [0.15, 0.2) is 30.3 Å². The van der Waals surface area contributed by atoms with Gasteiger partial charge in [0.25, 0.3) is 0 Å². The number of hydrogen-bond acceptors (Lipinski definition) is 8. The maximum atomic E-state index is 6.28. The van der Waals surface area contributed by atoms with Gasteiger partial charge in [-0.25, -0.2) is 9.97 Å². The molecule has 3 N–H and O–H groups in total. The Kier molecular flexibility index (Phi) is 5.32. The maximum absolute atomic E-state index is 6.28. The minimum atomic E-state index is 0.427. The summed E-state index contributed by atoms with van der Waals surface area (Å²) >= 11 is 0. The van der Waals surface area contributed by atoms with Gasteiger partial charge in [-0.05, 0) is 23.6 Å². The van der Waals surface area contributed by atoms with Crippen molar-refractivity contribution in [3.8, 4) is 11.5 Å². The van der Waals surface area contributed by atoms with Crippen molar-refractivity contribution in [3.63, 3.8) is 0 Å². The number of nitrogens with zero attached hydrogens (tertiary/aromatic N) is 5. The molecule has 4 aromatic rings. The molecule has 3 heterocycles. The smallest absolute Gasteiger partial charge is 0.228 e. The Labute approximate surface area is 192 Å². The predicted octanol–water partition coefficient (Wildman–Crippen LogP) is 3.56. The second-order valence-corrected chi connectivity index (χ2v) is 8.57. The van der Waals surface area contributed by atoms with E-state index >= 15 is 0 Å². The number of nitrogen functional groups attached to an aromatic ring is 1. The van der Waals surface area contributed by atoms with Crippen LogP contribution >= 0.6 is 0 Å². The van der Waals surface area contributed by atoms with Crippen LogP contribution in [0.2, 0.25) is 0 Å². The van der Waals surface area contributed by atoms with Crippen LogP contribution in [0, 0.1) is 0 Å². The highest BCUT2D eigenvalue weighted by molar-refractivity contribution is 5.91. The Hall–Kier alpha value is -3.75. The van der Waals surface area contributed by atoms with Gasteiger partial charge in [0.1, 0.15) is 5.82 Å². The van der Waals surface area contributed by atoms with Gasteiger partial charge in [0.15, 0.2) is 11.5 Å². The number of anilines is 3. The molecule has 0 unspecified atom stereocenters. The normalized spacial score (nSPS) is 14.5. The molecule has 1 aliphatic rings. The van der Waals surface area contributed by atoms with Gasteiger partial charge in [0.2, 0.25) is 11.9 Å². The van der Waals surface area contributed by atoms with E-state index in [9.17, 15) is 0 Å². The highest BCUT2D eigenvalue weighted by atomic mass is 16.5. The Morgan fingerprint density at radius 1 is 0.939 bits per heavy atom. The molecule has 0 bridgehead atoms. The number of ether oxygens (including phenoxy) is 2. The third kappa shape index (κ3) is 3.73. The summed E-state index contributed by atoms with van der Waals surface area (Å²) in [6.45, 7) is 7.55. The zero-order chi connectivity index (χ0) is 23.1. The fourth-order valence-corrected chi connectivity index (χ4v) is 4.38. The Balaban J connectivity index is 1.38. The SMILES string of the molecule is COc1cc2nc(N3CCN(c4nc5c(C(C)C)cccc5[nH]4)CC3)nc(N)c2cc1OC. The van der Waals surface area contributed by atoms with Crippen molar-refractivity contribution in [1.82, 2.24) is 19.9 Å². The van der Waals surface area contributed by atoms with E-state index in [0.29, 0.717) is 29.2 Å². The quantitative estimate of drug-likeness (QED) is 0.478. The zero-order valence-corrected chi connectivity index (χ0v) is 19.4. The Bertz CT molecular complexity index is 1310. The van der Waals surface area contributed by atoms with E-state index in [4.69, 9.17) is 25.2 Å². The van der Waals surface area contributed by atoms with Gasteiger partial charge in [-0.3, -0.25) is 0 Å². The Morgan fingerprint density at radius 3 is 2.33 bits per heavy atom. The van der Waals surface area contributed by atoms with Crippen LogP contribution in [-0.4, -0.2) is 60.3 Å². The topological polar surface area (TPSA) is 105 Å². The minimum Gasteiger partial charge on any atom is -0.493 e. The number of nitrogens with one attached hydrogen (secondary N) is 1. The molecule has 5 rings (SSSR count). The highest BCUT2D eigenvalue weighted by Gasteiger charge is 2.23. The molecule has 33 heavy (non-hydrogen) atoms. The summed E-state index contributed by atoms with van der Waals surface area (Å²) in [5.41, 5.74) is 10.4. The van der Waals surface area contributed by atoms with Crippen molar-refractivity contribution in [3.05, 3.63) is 35.9 Å². The number of aromatic amines is 1. The fourth-order valence-electron chi connectivity index (χ4n) is 4.38. The second kappa shape index (κ2) is 8.31. The molecule has 9 nitrogen and oxygen atoms in total. The number of aromatic nitrogens is 4. The van der Waals surface area contributed by atoms with Gasteiger partial charge < -0.3 is 30.0 Å². The van der Waals surface area contributed by atoms with Crippen LogP contribution in [0.3, 0.4) is 0 Å². The number of hydrogen-bond donors (Lipinski definition) is 2. The van der Waals surface area contributed by atoms with Crippen LogP contribution in [0.25, 0.3) is 21.9 Å². The van der Waals surface area contributed by atoms with E-state index in [0.717, 1.165) is 54.1 Å². The summed E-state index contributed by atoms with van der Waals surface area (Å²) in [6, 6.07) is 9.99. The molecule has 0 spiro atoms. The van der Waals surface area contributed by atoms with Crippen molar-refractivity contribution < 1.29 is 9.47 Å². The first kappa shape index (κ1) is 21.1. The van der Waals surface area contributed by atoms with Gasteiger partial charge in [0, 0.05) is 37.6 Å². The summed E-state index contributed by atoms with van der Waals surface area (Å²) in [4.78, 5) is 22.2. The first-order valence-corrected chi connectivity index (χ1v) is 11.2. The van der Waals surface area contributed by atoms with Crippen LogP contribution in [0.4, 0.5) is 17.7 Å². The van der Waals surface area contributed by atoms with Crippen molar-refractivity contribution in [2.24, 2.45) is 0 Å². The molecule has 1 aliphatic heterocycles. The number of benzene rings is 2. The molecule has 2 aromatic carbocycles. The summed E-state index contributed by atoms with van der Waals surface area (Å²) in [5, 5.41) is 0.748. The number of piperazine rings is 1. The maximum Gasteiger partial charge on any atom is 0.228 e.